The molecule has 110 valence electrons. The van der Waals surface area contributed by atoms with Crippen LogP contribution >= 0.6 is 11.6 Å². The molecule has 1 atom stereocenters. The van der Waals surface area contributed by atoms with Gasteiger partial charge in [-0.15, -0.1) is 0 Å². The van der Waals surface area contributed by atoms with Gasteiger partial charge >= 0.3 is 0 Å². The second-order valence-corrected chi connectivity index (χ2v) is 6.23. The van der Waals surface area contributed by atoms with E-state index in [2.05, 4.69) is 48.5 Å². The molecule has 3 rings (SSSR count). The van der Waals surface area contributed by atoms with Gasteiger partial charge in [0.25, 0.3) is 0 Å². The molecule has 0 bridgehead atoms. The molecule has 2 aromatic rings. The lowest BCUT2D eigenvalue weighted by atomic mass is 10.1. The fraction of sp³-hybridized carbons (Fsp3) is 0.333. The first kappa shape index (κ1) is 14.4. The van der Waals surface area contributed by atoms with Crippen LogP contribution in [0.5, 0.6) is 0 Å². The molecule has 1 aliphatic heterocycles. The quantitative estimate of drug-likeness (QED) is 0.911. The zero-order valence-electron chi connectivity index (χ0n) is 12.6. The predicted molar refractivity (Wildman–Crippen MR) is 90.1 cm³/mol. The molecule has 0 radical (unpaired) electrons. The fourth-order valence-electron chi connectivity index (χ4n) is 2.89. The van der Waals surface area contributed by atoms with Crippen molar-refractivity contribution < 1.29 is 0 Å². The Morgan fingerprint density at radius 2 is 2.10 bits per heavy atom. The van der Waals surface area contributed by atoms with Gasteiger partial charge in [-0.1, -0.05) is 35.9 Å². The van der Waals surface area contributed by atoms with E-state index in [0.717, 1.165) is 24.5 Å². The summed E-state index contributed by atoms with van der Waals surface area (Å²) in [7, 11) is 2.16. The molecule has 1 N–H and O–H groups in total. The van der Waals surface area contributed by atoms with Gasteiger partial charge in [-0.25, -0.2) is 0 Å². The van der Waals surface area contributed by atoms with E-state index >= 15 is 0 Å². The van der Waals surface area contributed by atoms with Crippen molar-refractivity contribution in [3.8, 4) is 0 Å². The molecular weight excluding hydrogens is 280 g/mol. The van der Waals surface area contributed by atoms with Gasteiger partial charge in [0.1, 0.15) is 0 Å². The number of fused-ring (bicyclic) bond motifs is 1. The maximum Gasteiger partial charge on any atom is 0.0409 e. The topological polar surface area (TPSA) is 15.3 Å². The maximum absolute atomic E-state index is 6.05. The first-order valence-corrected chi connectivity index (χ1v) is 7.83. The summed E-state index contributed by atoms with van der Waals surface area (Å²) in [5.41, 5.74) is 5.41. The average Bonchev–Trinajstić information content (AvgIpc) is 2.86. The highest BCUT2D eigenvalue weighted by atomic mass is 35.5. The van der Waals surface area contributed by atoms with Gasteiger partial charge in [-0.2, -0.15) is 0 Å². The highest BCUT2D eigenvalue weighted by Crippen LogP contribution is 2.27. The van der Waals surface area contributed by atoms with Gasteiger partial charge in [-0.05, 0) is 48.2 Å². The van der Waals surface area contributed by atoms with Gasteiger partial charge < -0.3 is 10.2 Å². The van der Waals surface area contributed by atoms with Crippen LogP contribution in [0.3, 0.4) is 0 Å². The molecule has 1 heterocycles. The summed E-state index contributed by atoms with van der Waals surface area (Å²) < 4.78 is 0. The third kappa shape index (κ3) is 3.22. The van der Waals surface area contributed by atoms with Crippen LogP contribution in [0, 0.1) is 0 Å². The summed E-state index contributed by atoms with van der Waals surface area (Å²) in [5, 5.41) is 4.37. The number of hydrogen-bond donors (Lipinski definition) is 1. The van der Waals surface area contributed by atoms with Crippen LogP contribution in [0.2, 0.25) is 5.02 Å². The smallest absolute Gasteiger partial charge is 0.0409 e. The average molecular weight is 301 g/mol. The number of hydrogen-bond acceptors (Lipinski definition) is 2. The lowest BCUT2D eigenvalue weighted by molar-refractivity contribution is 0.574. The number of benzene rings is 2. The van der Waals surface area contributed by atoms with E-state index in [-0.39, 0.29) is 0 Å². The third-order valence-electron chi connectivity index (χ3n) is 4.23. The summed E-state index contributed by atoms with van der Waals surface area (Å²) in [5.74, 6) is 0. The number of nitrogens with zero attached hydrogens (tertiary/aromatic N) is 1. The van der Waals surface area contributed by atoms with Crippen molar-refractivity contribution in [1.82, 2.24) is 5.32 Å². The Labute approximate surface area is 131 Å². The zero-order chi connectivity index (χ0) is 14.8. The minimum atomic E-state index is 0.291. The lowest BCUT2D eigenvalue weighted by Gasteiger charge is -2.16. The van der Waals surface area contributed by atoms with Crippen LogP contribution in [-0.2, 0) is 13.0 Å². The van der Waals surface area contributed by atoms with Crippen molar-refractivity contribution in [3.63, 3.8) is 0 Å². The second-order valence-electron chi connectivity index (χ2n) is 5.79. The van der Waals surface area contributed by atoms with Crippen LogP contribution in [-0.4, -0.2) is 13.6 Å². The van der Waals surface area contributed by atoms with Crippen molar-refractivity contribution >= 4 is 17.3 Å². The molecule has 0 saturated heterocycles. The number of anilines is 1. The van der Waals surface area contributed by atoms with E-state index in [1.165, 1.54) is 22.4 Å². The van der Waals surface area contributed by atoms with Gasteiger partial charge in [-0.3, -0.25) is 0 Å². The van der Waals surface area contributed by atoms with E-state index in [0.29, 0.717) is 6.04 Å². The molecule has 0 aromatic heterocycles. The first-order valence-electron chi connectivity index (χ1n) is 7.45. The van der Waals surface area contributed by atoms with E-state index in [1.54, 1.807) is 0 Å². The standard InChI is InChI=1S/C18H21ClN2/c1-13(15-4-3-5-17(19)11-15)20-12-14-6-7-18-16(10-14)8-9-21(18)2/h3-7,10-11,13,20H,8-9,12H2,1-2H3/t13-/m1/s1. The van der Waals surface area contributed by atoms with Crippen molar-refractivity contribution in [1.29, 1.82) is 0 Å². The van der Waals surface area contributed by atoms with Crippen molar-refractivity contribution in [3.05, 3.63) is 64.2 Å². The molecule has 2 nitrogen and oxygen atoms in total. The van der Waals surface area contributed by atoms with Crippen LogP contribution in [0.4, 0.5) is 5.69 Å². The molecule has 3 heteroatoms. The zero-order valence-corrected chi connectivity index (χ0v) is 13.3. The first-order chi connectivity index (χ1) is 10.1. The SMILES string of the molecule is C[C@@H](NCc1ccc2c(c1)CCN2C)c1cccc(Cl)c1. The molecule has 1 aliphatic rings. The van der Waals surface area contributed by atoms with Crippen LogP contribution in [0.15, 0.2) is 42.5 Å². The van der Waals surface area contributed by atoms with E-state index < -0.39 is 0 Å². The van der Waals surface area contributed by atoms with Crippen LogP contribution < -0.4 is 10.2 Å². The Morgan fingerprint density at radius 1 is 1.24 bits per heavy atom. The Balaban J connectivity index is 1.65. The number of halogens is 1. The normalized spacial score (nSPS) is 15.1. The van der Waals surface area contributed by atoms with Gasteiger partial charge in [0.15, 0.2) is 0 Å². The molecule has 0 aliphatic carbocycles. The van der Waals surface area contributed by atoms with Gasteiger partial charge in [0.2, 0.25) is 0 Å². The number of nitrogens with one attached hydrogen (secondary N) is 1. The summed E-state index contributed by atoms with van der Waals surface area (Å²) in [6.07, 6.45) is 1.16. The Hall–Kier alpha value is -1.51. The summed E-state index contributed by atoms with van der Waals surface area (Å²) >= 11 is 6.05. The Morgan fingerprint density at radius 3 is 2.90 bits per heavy atom. The monoisotopic (exact) mass is 300 g/mol. The molecule has 0 spiro atoms. The highest BCUT2D eigenvalue weighted by Gasteiger charge is 2.15. The van der Waals surface area contributed by atoms with Gasteiger partial charge in [0.05, 0.1) is 0 Å². The van der Waals surface area contributed by atoms with Crippen molar-refractivity contribution in [2.45, 2.75) is 25.9 Å². The molecule has 21 heavy (non-hydrogen) atoms. The highest BCUT2D eigenvalue weighted by molar-refractivity contribution is 6.30. The second kappa shape index (κ2) is 6.08. The van der Waals surface area contributed by atoms with Crippen molar-refractivity contribution in [2.24, 2.45) is 0 Å². The molecule has 0 amide bonds. The summed E-state index contributed by atoms with van der Waals surface area (Å²) in [4.78, 5) is 2.32. The molecule has 0 unspecified atom stereocenters. The van der Waals surface area contributed by atoms with E-state index in [1.807, 2.05) is 18.2 Å². The Bertz CT molecular complexity index is 639. The molecule has 0 fully saturated rings. The maximum atomic E-state index is 6.05. The molecule has 0 saturated carbocycles. The number of rotatable bonds is 4. The van der Waals surface area contributed by atoms with E-state index in [4.69, 9.17) is 11.6 Å². The Kier molecular flexibility index (Phi) is 4.18. The van der Waals surface area contributed by atoms with Crippen LogP contribution in [0.25, 0.3) is 0 Å². The summed E-state index contributed by atoms with van der Waals surface area (Å²) in [6, 6.07) is 15.1. The van der Waals surface area contributed by atoms with Crippen molar-refractivity contribution in [2.75, 3.05) is 18.5 Å². The van der Waals surface area contributed by atoms with Crippen LogP contribution in [0.1, 0.15) is 29.7 Å². The predicted octanol–water partition coefficient (Wildman–Crippen LogP) is 4.18. The van der Waals surface area contributed by atoms with E-state index in [9.17, 15) is 0 Å². The molecular formula is C18H21ClN2. The lowest BCUT2D eigenvalue weighted by Crippen LogP contribution is -2.18. The largest absolute Gasteiger partial charge is 0.374 e. The minimum absolute atomic E-state index is 0.291. The fourth-order valence-corrected chi connectivity index (χ4v) is 3.09. The minimum Gasteiger partial charge on any atom is -0.374 e. The third-order valence-corrected chi connectivity index (χ3v) is 4.47. The summed E-state index contributed by atoms with van der Waals surface area (Å²) in [6.45, 7) is 4.18. The molecule has 2 aromatic carbocycles. The number of likely N-dealkylation sites (N-methyl/N-ethyl adjacent to an activating group) is 1. The van der Waals surface area contributed by atoms with Gasteiger partial charge in [0, 0.05) is 36.9 Å².